The molecule has 0 saturated heterocycles. The average Bonchev–Trinajstić information content (AvgIpc) is 3.02. The fourth-order valence-corrected chi connectivity index (χ4v) is 4.66. The zero-order chi connectivity index (χ0) is 18.3. The van der Waals surface area contributed by atoms with Crippen LogP contribution in [0.2, 0.25) is 0 Å². The molecule has 3 aromatic rings. The maximum absolute atomic E-state index is 12.1. The van der Waals surface area contributed by atoms with Crippen LogP contribution in [0.4, 0.5) is 0 Å². The van der Waals surface area contributed by atoms with Crippen molar-refractivity contribution in [1.82, 2.24) is 14.8 Å². The molecule has 136 valence electrons. The number of hydrogen-bond acceptors (Lipinski definition) is 5. The van der Waals surface area contributed by atoms with E-state index in [0.29, 0.717) is 13.2 Å². The zero-order valence-electron chi connectivity index (χ0n) is 14.8. The number of ether oxygens (including phenoxy) is 1. The van der Waals surface area contributed by atoms with E-state index in [1.807, 2.05) is 36.3 Å². The molecule has 7 heteroatoms. The average molecular weight is 371 g/mol. The van der Waals surface area contributed by atoms with Crippen molar-refractivity contribution >= 4 is 20.7 Å². The molecule has 6 nitrogen and oxygen atoms in total. The number of rotatable bonds is 4. The second-order valence-electron chi connectivity index (χ2n) is 6.71. The topological polar surface area (TPSA) is 74.1 Å². The van der Waals surface area contributed by atoms with Crippen LogP contribution in [0.15, 0.2) is 36.8 Å². The van der Waals surface area contributed by atoms with E-state index in [2.05, 4.69) is 16.1 Å². The Hall–Kier alpha value is -2.25. The fraction of sp³-hybridized carbons (Fsp3) is 0.368. The Balaban J connectivity index is 1.80. The van der Waals surface area contributed by atoms with Gasteiger partial charge < -0.3 is 4.74 Å². The van der Waals surface area contributed by atoms with E-state index < -0.39 is 9.84 Å². The van der Waals surface area contributed by atoms with Crippen molar-refractivity contribution in [2.75, 3.05) is 18.1 Å². The molecular weight excluding hydrogens is 350 g/mol. The van der Waals surface area contributed by atoms with Crippen LogP contribution in [0, 0.1) is 0 Å². The summed E-state index contributed by atoms with van der Waals surface area (Å²) in [5, 5.41) is 5.37. The maximum atomic E-state index is 12.1. The van der Waals surface area contributed by atoms with Crippen molar-refractivity contribution in [3.05, 3.63) is 47.9 Å². The van der Waals surface area contributed by atoms with Gasteiger partial charge in [0.1, 0.15) is 0 Å². The van der Waals surface area contributed by atoms with Gasteiger partial charge in [-0.2, -0.15) is 5.10 Å². The number of benzene rings is 1. The molecule has 0 bridgehead atoms. The van der Waals surface area contributed by atoms with Crippen LogP contribution in [-0.2, 0) is 28.2 Å². The van der Waals surface area contributed by atoms with Crippen LogP contribution in [0.3, 0.4) is 0 Å². The van der Waals surface area contributed by atoms with E-state index >= 15 is 0 Å². The number of aromatic nitrogens is 3. The molecule has 0 aliphatic carbocycles. The van der Waals surface area contributed by atoms with Gasteiger partial charge in [0.05, 0.1) is 30.7 Å². The summed E-state index contributed by atoms with van der Waals surface area (Å²) < 4.78 is 31.8. The molecular formula is C19H21N3O3S. The molecule has 0 spiro atoms. The van der Waals surface area contributed by atoms with Crippen molar-refractivity contribution in [2.45, 2.75) is 19.4 Å². The molecule has 4 rings (SSSR count). The molecule has 0 saturated carbocycles. The standard InChI is InChI=1S/C19H21N3O3S/c1-3-26(23,24)12-15-10-25-11-18-16(8-20-9-17(15)18)13-4-5-14-7-21-22(2)19(14)6-13/h4-9,15H,3,10-12H2,1-2H3. The van der Waals surface area contributed by atoms with Crippen molar-refractivity contribution in [3.63, 3.8) is 0 Å². The largest absolute Gasteiger partial charge is 0.376 e. The first-order valence-electron chi connectivity index (χ1n) is 8.65. The van der Waals surface area contributed by atoms with E-state index in [1.165, 1.54) is 0 Å². The van der Waals surface area contributed by atoms with Gasteiger partial charge in [0.2, 0.25) is 0 Å². The van der Waals surface area contributed by atoms with E-state index in [1.54, 1.807) is 13.1 Å². The van der Waals surface area contributed by atoms with Gasteiger partial charge >= 0.3 is 0 Å². The predicted octanol–water partition coefficient (Wildman–Crippen LogP) is 2.68. The van der Waals surface area contributed by atoms with Crippen LogP contribution < -0.4 is 0 Å². The summed E-state index contributed by atoms with van der Waals surface area (Å²) in [6.07, 6.45) is 5.46. The number of fused-ring (bicyclic) bond motifs is 2. The van der Waals surface area contributed by atoms with Gasteiger partial charge in [-0.15, -0.1) is 0 Å². The number of sulfone groups is 1. The Labute approximate surface area is 152 Å². The van der Waals surface area contributed by atoms with E-state index in [4.69, 9.17) is 4.74 Å². The van der Waals surface area contributed by atoms with Crippen molar-refractivity contribution < 1.29 is 13.2 Å². The number of hydrogen-bond donors (Lipinski definition) is 0. The first-order valence-corrected chi connectivity index (χ1v) is 10.5. The Morgan fingerprint density at radius 1 is 1.27 bits per heavy atom. The first kappa shape index (κ1) is 17.2. The summed E-state index contributed by atoms with van der Waals surface area (Å²) in [6.45, 7) is 2.56. The zero-order valence-corrected chi connectivity index (χ0v) is 15.7. The van der Waals surface area contributed by atoms with Crippen molar-refractivity contribution in [1.29, 1.82) is 0 Å². The van der Waals surface area contributed by atoms with Gasteiger partial charge in [0.25, 0.3) is 0 Å². The molecule has 3 heterocycles. The third-order valence-electron chi connectivity index (χ3n) is 5.05. The predicted molar refractivity (Wildman–Crippen MR) is 101 cm³/mol. The number of aryl methyl sites for hydroxylation is 1. The van der Waals surface area contributed by atoms with E-state index in [9.17, 15) is 8.42 Å². The Morgan fingerprint density at radius 3 is 2.92 bits per heavy atom. The first-order chi connectivity index (χ1) is 12.5. The third-order valence-corrected chi connectivity index (χ3v) is 6.84. The smallest absolute Gasteiger partial charge is 0.150 e. The van der Waals surface area contributed by atoms with E-state index in [-0.39, 0.29) is 17.4 Å². The molecule has 1 aliphatic heterocycles. The number of pyridine rings is 1. The highest BCUT2D eigenvalue weighted by atomic mass is 32.2. The lowest BCUT2D eigenvalue weighted by atomic mass is 9.90. The second-order valence-corrected chi connectivity index (χ2v) is 9.11. The third kappa shape index (κ3) is 3.01. The molecule has 0 N–H and O–H groups in total. The lowest BCUT2D eigenvalue weighted by molar-refractivity contribution is 0.0958. The molecule has 1 unspecified atom stereocenters. The molecule has 1 atom stereocenters. The Morgan fingerprint density at radius 2 is 2.12 bits per heavy atom. The minimum Gasteiger partial charge on any atom is -0.376 e. The summed E-state index contributed by atoms with van der Waals surface area (Å²) in [7, 11) is -1.17. The summed E-state index contributed by atoms with van der Waals surface area (Å²) in [4.78, 5) is 4.40. The highest BCUT2D eigenvalue weighted by molar-refractivity contribution is 7.91. The molecule has 0 fully saturated rings. The summed E-state index contributed by atoms with van der Waals surface area (Å²) in [5.41, 5.74) is 5.08. The van der Waals surface area contributed by atoms with Gasteiger partial charge in [-0.05, 0) is 22.8 Å². The van der Waals surface area contributed by atoms with Crippen molar-refractivity contribution in [2.24, 2.45) is 7.05 Å². The molecule has 0 amide bonds. The van der Waals surface area contributed by atoms with Crippen LogP contribution in [0.25, 0.3) is 22.0 Å². The highest BCUT2D eigenvalue weighted by Gasteiger charge is 2.27. The fourth-order valence-electron chi connectivity index (χ4n) is 3.53. The summed E-state index contributed by atoms with van der Waals surface area (Å²) in [6, 6.07) is 6.18. The summed E-state index contributed by atoms with van der Waals surface area (Å²) in [5.74, 6) is 0.0717. The summed E-state index contributed by atoms with van der Waals surface area (Å²) >= 11 is 0. The normalized spacial score (nSPS) is 17.4. The molecule has 1 aliphatic rings. The van der Waals surface area contributed by atoms with Crippen molar-refractivity contribution in [3.8, 4) is 11.1 Å². The van der Waals surface area contributed by atoms with Crippen LogP contribution >= 0.6 is 0 Å². The minimum atomic E-state index is -3.09. The van der Waals surface area contributed by atoms with Crippen LogP contribution in [-0.4, -0.2) is 41.3 Å². The Bertz CT molecular complexity index is 1070. The van der Waals surface area contributed by atoms with Gasteiger partial charge in [-0.3, -0.25) is 9.67 Å². The minimum absolute atomic E-state index is 0.0996. The second kappa shape index (κ2) is 6.48. The van der Waals surface area contributed by atoms with Gasteiger partial charge in [0.15, 0.2) is 9.84 Å². The lowest BCUT2D eigenvalue weighted by Crippen LogP contribution is -2.25. The molecule has 2 aromatic heterocycles. The quantitative estimate of drug-likeness (QED) is 0.705. The van der Waals surface area contributed by atoms with Gasteiger partial charge in [-0.25, -0.2) is 8.42 Å². The van der Waals surface area contributed by atoms with Gasteiger partial charge in [0, 0.05) is 42.1 Å². The highest BCUT2D eigenvalue weighted by Crippen LogP contribution is 2.35. The number of nitrogens with zero attached hydrogens (tertiary/aromatic N) is 3. The monoisotopic (exact) mass is 371 g/mol. The van der Waals surface area contributed by atoms with Gasteiger partial charge in [-0.1, -0.05) is 19.1 Å². The Kier molecular flexibility index (Phi) is 4.28. The van der Waals surface area contributed by atoms with E-state index in [0.717, 1.165) is 33.2 Å². The van der Waals surface area contributed by atoms with Crippen LogP contribution in [0.1, 0.15) is 24.0 Å². The molecule has 26 heavy (non-hydrogen) atoms. The maximum Gasteiger partial charge on any atom is 0.150 e. The molecule has 1 aromatic carbocycles. The SMILES string of the molecule is CCS(=O)(=O)CC1COCc2c(-c3ccc4cnn(C)c4c3)cncc21. The van der Waals surface area contributed by atoms with Crippen LogP contribution in [0.5, 0.6) is 0 Å². The lowest BCUT2D eigenvalue weighted by Gasteiger charge is -2.27. The molecule has 0 radical (unpaired) electrons.